The van der Waals surface area contributed by atoms with Crippen LogP contribution < -0.4 is 5.30 Å². The molecule has 1 aliphatic heterocycles. The number of benzene rings is 1. The van der Waals surface area contributed by atoms with Gasteiger partial charge >= 0.3 is 0 Å². The Morgan fingerprint density at radius 2 is 1.69 bits per heavy atom. The molecule has 35 heavy (non-hydrogen) atoms. The van der Waals surface area contributed by atoms with Crippen molar-refractivity contribution in [2.45, 2.75) is 18.9 Å². The average Bonchev–Trinajstić information content (AvgIpc) is 3.39. The highest BCUT2D eigenvalue weighted by molar-refractivity contribution is 7.28. The van der Waals surface area contributed by atoms with Crippen LogP contribution in [0.15, 0.2) is 73.6 Å². The van der Waals surface area contributed by atoms with Crippen LogP contribution in [-0.2, 0) is 0 Å². The number of hydrogen-bond acceptors (Lipinski definition) is 6. The summed E-state index contributed by atoms with van der Waals surface area (Å²) in [4.78, 5) is 20.9. The molecule has 1 aromatic carbocycles. The quantitative estimate of drug-likeness (QED) is 0.356. The summed E-state index contributed by atoms with van der Waals surface area (Å²) in [5.41, 5.74) is 7.33. The van der Waals surface area contributed by atoms with Gasteiger partial charge < -0.3 is 4.90 Å². The van der Waals surface area contributed by atoms with E-state index in [0.29, 0.717) is 11.7 Å². The summed E-state index contributed by atoms with van der Waals surface area (Å²) in [6.07, 6.45) is 13.5. The predicted octanol–water partition coefficient (Wildman–Crippen LogP) is 4.38. The zero-order valence-electron chi connectivity index (χ0n) is 19.5. The highest BCUT2D eigenvalue weighted by Gasteiger charge is 2.19. The van der Waals surface area contributed by atoms with E-state index >= 15 is 0 Å². The van der Waals surface area contributed by atoms with Crippen LogP contribution in [0.3, 0.4) is 0 Å². The summed E-state index contributed by atoms with van der Waals surface area (Å²) in [5.74, 6) is 0. The molecule has 0 saturated carbocycles. The van der Waals surface area contributed by atoms with Crippen molar-refractivity contribution in [3.8, 4) is 33.5 Å². The lowest BCUT2D eigenvalue weighted by Crippen LogP contribution is -2.31. The minimum Gasteiger partial charge on any atom is -0.306 e. The van der Waals surface area contributed by atoms with Crippen molar-refractivity contribution in [2.24, 2.45) is 0 Å². The molecule has 1 unspecified atom stereocenters. The van der Waals surface area contributed by atoms with Gasteiger partial charge in [0, 0.05) is 58.8 Å². The van der Waals surface area contributed by atoms with Crippen LogP contribution in [0.25, 0.3) is 44.7 Å². The summed E-state index contributed by atoms with van der Waals surface area (Å²) < 4.78 is 2.12. The maximum absolute atomic E-state index is 4.81. The topological polar surface area (TPSA) is 72.6 Å². The Morgan fingerprint density at radius 1 is 0.886 bits per heavy atom. The molecule has 8 heteroatoms. The zero-order chi connectivity index (χ0) is 23.8. The number of nitrogens with zero attached hydrogens (tertiary/aromatic N) is 7. The largest absolute Gasteiger partial charge is 0.306 e. The molecule has 5 aromatic rings. The molecule has 1 atom stereocenters. The highest BCUT2D eigenvalue weighted by Crippen LogP contribution is 2.32. The van der Waals surface area contributed by atoms with E-state index in [-0.39, 0.29) is 0 Å². The van der Waals surface area contributed by atoms with E-state index in [1.54, 1.807) is 12.4 Å². The molecule has 0 spiro atoms. The molecule has 0 amide bonds. The van der Waals surface area contributed by atoms with Crippen molar-refractivity contribution in [1.29, 1.82) is 0 Å². The first kappa shape index (κ1) is 22.0. The third-order valence-corrected chi connectivity index (χ3v) is 7.23. The molecule has 4 aromatic heterocycles. The van der Waals surface area contributed by atoms with Crippen LogP contribution in [-0.4, -0.2) is 54.8 Å². The van der Waals surface area contributed by atoms with Crippen LogP contribution in [0, 0.1) is 0 Å². The van der Waals surface area contributed by atoms with E-state index < -0.39 is 0 Å². The lowest BCUT2D eigenvalue weighted by Gasteiger charge is -2.28. The third kappa shape index (κ3) is 4.33. The second kappa shape index (κ2) is 9.25. The number of likely N-dealkylation sites (tertiary alicyclic amines) is 1. The van der Waals surface area contributed by atoms with Gasteiger partial charge in [0.15, 0.2) is 5.65 Å². The van der Waals surface area contributed by atoms with Crippen molar-refractivity contribution in [3.05, 3.63) is 73.6 Å². The first-order chi connectivity index (χ1) is 17.2. The van der Waals surface area contributed by atoms with Gasteiger partial charge in [0.2, 0.25) is 0 Å². The lowest BCUT2D eigenvalue weighted by molar-refractivity contribution is 0.212. The molecule has 5 heterocycles. The fourth-order valence-corrected chi connectivity index (χ4v) is 5.09. The normalized spacial score (nSPS) is 15.0. The molecule has 0 bridgehead atoms. The molecule has 0 radical (unpaired) electrons. The number of aromatic nitrogens is 6. The van der Waals surface area contributed by atoms with Gasteiger partial charge in [0.1, 0.15) is 5.52 Å². The Labute approximate surface area is 206 Å². The van der Waals surface area contributed by atoms with Gasteiger partial charge in [-0.1, -0.05) is 24.3 Å². The third-order valence-electron chi connectivity index (χ3n) is 6.72. The molecular formula is C27H26N7P. The van der Waals surface area contributed by atoms with Gasteiger partial charge in [-0.15, -0.1) is 9.24 Å². The number of fused-ring (bicyclic) bond motifs is 1. The Bertz CT molecular complexity index is 1500. The molecule has 1 saturated heterocycles. The van der Waals surface area contributed by atoms with Gasteiger partial charge in [0.25, 0.3) is 0 Å². The molecule has 0 aliphatic carbocycles. The van der Waals surface area contributed by atoms with Gasteiger partial charge in [-0.2, -0.15) is 5.10 Å². The monoisotopic (exact) mass is 479 g/mol. The van der Waals surface area contributed by atoms with Gasteiger partial charge in [-0.05, 0) is 50.4 Å². The Morgan fingerprint density at radius 3 is 2.54 bits per heavy atom. The van der Waals surface area contributed by atoms with Crippen LogP contribution in [0.1, 0.15) is 18.9 Å². The van der Waals surface area contributed by atoms with E-state index in [0.717, 1.165) is 70.3 Å². The molecular weight excluding hydrogens is 453 g/mol. The molecule has 174 valence electrons. The fourth-order valence-electron chi connectivity index (χ4n) is 4.73. The smallest absolute Gasteiger partial charge is 0.179 e. The van der Waals surface area contributed by atoms with E-state index in [2.05, 4.69) is 71.3 Å². The van der Waals surface area contributed by atoms with Crippen LogP contribution in [0.5, 0.6) is 0 Å². The average molecular weight is 480 g/mol. The Balaban J connectivity index is 1.41. The summed E-state index contributed by atoms with van der Waals surface area (Å²) in [5, 5.41) is 5.78. The second-order valence-corrected chi connectivity index (χ2v) is 9.70. The second-order valence-electron chi connectivity index (χ2n) is 9.08. The first-order valence-electron chi connectivity index (χ1n) is 11.8. The van der Waals surface area contributed by atoms with Gasteiger partial charge in [-0.3, -0.25) is 14.6 Å². The van der Waals surface area contributed by atoms with Crippen molar-refractivity contribution >= 4 is 25.7 Å². The minimum atomic E-state index is 0.449. The number of pyridine rings is 2. The molecule has 1 aliphatic rings. The number of hydrogen-bond donors (Lipinski definition) is 0. The Hall–Kier alpha value is -3.54. The van der Waals surface area contributed by atoms with E-state index in [4.69, 9.17) is 10.1 Å². The van der Waals surface area contributed by atoms with E-state index in [9.17, 15) is 0 Å². The van der Waals surface area contributed by atoms with E-state index in [1.165, 1.54) is 0 Å². The van der Waals surface area contributed by atoms with Crippen LogP contribution >= 0.6 is 9.24 Å². The summed E-state index contributed by atoms with van der Waals surface area (Å²) in [6.45, 7) is 2.21. The lowest BCUT2D eigenvalue weighted by atomic mass is 10.0. The number of rotatable bonds is 4. The maximum atomic E-state index is 4.81. The standard InChI is InChI=1S/C27H26N7P/c1-33-10-6-21(7-11-33)34-17-20(16-31-34)18-12-19(15-28-14-18)23-13-24(22-4-2-3-5-25(22)35)32-27-26(23)29-8-9-30-27/h2-5,8-9,12-17,21H,6-7,10-11,35H2,1H3. The summed E-state index contributed by atoms with van der Waals surface area (Å²) in [7, 11) is 4.97. The first-order valence-corrected chi connectivity index (χ1v) is 12.4. The minimum absolute atomic E-state index is 0.449. The zero-order valence-corrected chi connectivity index (χ0v) is 20.7. The van der Waals surface area contributed by atoms with Gasteiger partial charge in [-0.25, -0.2) is 9.97 Å². The van der Waals surface area contributed by atoms with Crippen LogP contribution in [0.2, 0.25) is 0 Å². The molecule has 7 nitrogen and oxygen atoms in total. The summed E-state index contributed by atoms with van der Waals surface area (Å²) in [6, 6.07) is 12.9. The van der Waals surface area contributed by atoms with Crippen LogP contribution in [0.4, 0.5) is 0 Å². The van der Waals surface area contributed by atoms with Crippen molar-refractivity contribution in [1.82, 2.24) is 34.6 Å². The van der Waals surface area contributed by atoms with Crippen molar-refractivity contribution in [2.75, 3.05) is 20.1 Å². The highest BCUT2D eigenvalue weighted by atomic mass is 31.0. The van der Waals surface area contributed by atoms with Gasteiger partial charge in [0.05, 0.1) is 17.9 Å². The molecule has 1 fully saturated rings. The molecule has 0 N–H and O–H groups in total. The number of piperidine rings is 1. The molecule has 6 rings (SSSR count). The fraction of sp³-hybridized carbons (Fsp3) is 0.222. The predicted molar refractivity (Wildman–Crippen MR) is 142 cm³/mol. The summed E-state index contributed by atoms with van der Waals surface area (Å²) >= 11 is 0. The van der Waals surface area contributed by atoms with Crippen molar-refractivity contribution < 1.29 is 0 Å². The van der Waals surface area contributed by atoms with Crippen molar-refractivity contribution in [3.63, 3.8) is 0 Å². The Kier molecular flexibility index (Phi) is 5.80. The van der Waals surface area contributed by atoms with E-state index in [1.807, 2.05) is 30.7 Å². The SMILES string of the molecule is CN1CCC(n2cc(-c3cncc(-c4cc(-c5ccccc5P)nc5nccnc45)c3)cn2)CC1. The maximum Gasteiger partial charge on any atom is 0.179 e.